The smallest absolute Gasteiger partial charge is 0.262 e. The van der Waals surface area contributed by atoms with E-state index in [1.807, 2.05) is 0 Å². The zero-order valence-corrected chi connectivity index (χ0v) is 9.08. The largest absolute Gasteiger partial charge is 0.495 e. The summed E-state index contributed by atoms with van der Waals surface area (Å²) < 4.78 is 6.44. The van der Waals surface area contributed by atoms with Gasteiger partial charge in [0, 0.05) is 0 Å². The number of hydrogen-bond acceptors (Lipinski definition) is 3. The summed E-state index contributed by atoms with van der Waals surface area (Å²) in [7, 11) is 1.54. The number of ether oxygens (including phenoxy) is 1. The van der Waals surface area contributed by atoms with E-state index in [4.69, 9.17) is 16.3 Å². The first-order valence-electron chi connectivity index (χ1n) is 4.36. The van der Waals surface area contributed by atoms with Crippen molar-refractivity contribution in [3.8, 4) is 5.75 Å². The predicted octanol–water partition coefficient (Wildman–Crippen LogP) is 1.66. The molecule has 0 aliphatic rings. The Morgan fingerprint density at radius 3 is 2.87 bits per heavy atom. The summed E-state index contributed by atoms with van der Waals surface area (Å²) in [6, 6.07) is 3.42. The summed E-state index contributed by atoms with van der Waals surface area (Å²) >= 11 is 5.81. The molecule has 15 heavy (non-hydrogen) atoms. The Kier molecular flexibility index (Phi) is 2.36. The van der Waals surface area contributed by atoms with Crippen LogP contribution in [0.5, 0.6) is 5.75 Å². The van der Waals surface area contributed by atoms with Gasteiger partial charge in [0.25, 0.3) is 5.56 Å². The van der Waals surface area contributed by atoms with Crippen LogP contribution in [0.15, 0.2) is 23.1 Å². The molecular weight excluding hydrogens is 216 g/mol. The second-order valence-electron chi connectivity index (χ2n) is 3.13. The van der Waals surface area contributed by atoms with E-state index in [0.29, 0.717) is 17.0 Å². The number of methoxy groups -OCH3 is 1. The second kappa shape index (κ2) is 3.55. The van der Waals surface area contributed by atoms with Crippen LogP contribution in [0, 0.1) is 6.92 Å². The minimum atomic E-state index is -0.177. The fourth-order valence-corrected chi connectivity index (χ4v) is 1.47. The first kappa shape index (κ1) is 9.98. The zero-order chi connectivity index (χ0) is 11.0. The van der Waals surface area contributed by atoms with Crippen LogP contribution in [0.4, 0.5) is 0 Å². The molecule has 0 aliphatic carbocycles. The number of rotatable bonds is 1. The van der Waals surface area contributed by atoms with E-state index in [1.165, 1.54) is 4.40 Å². The molecule has 2 aromatic heterocycles. The third kappa shape index (κ3) is 1.57. The Morgan fingerprint density at radius 2 is 2.20 bits per heavy atom. The average Bonchev–Trinajstić information content (AvgIpc) is 2.26. The van der Waals surface area contributed by atoms with Crippen molar-refractivity contribution >= 4 is 17.2 Å². The summed E-state index contributed by atoms with van der Waals surface area (Å²) in [5, 5.41) is 0.241. The minimum absolute atomic E-state index is 0.177. The summed E-state index contributed by atoms with van der Waals surface area (Å²) in [5.74, 6) is 0.605. The Balaban J connectivity index is 2.88. The van der Waals surface area contributed by atoms with Crippen molar-refractivity contribution < 1.29 is 4.74 Å². The van der Waals surface area contributed by atoms with Gasteiger partial charge in [-0.25, -0.2) is 4.98 Å². The van der Waals surface area contributed by atoms with Crippen LogP contribution in [0.25, 0.3) is 5.65 Å². The van der Waals surface area contributed by atoms with Gasteiger partial charge in [-0.2, -0.15) is 0 Å². The molecule has 0 radical (unpaired) electrons. The number of pyridine rings is 1. The lowest BCUT2D eigenvalue weighted by Crippen LogP contribution is -2.17. The highest BCUT2D eigenvalue weighted by molar-refractivity contribution is 6.30. The van der Waals surface area contributed by atoms with Crippen molar-refractivity contribution in [2.24, 2.45) is 0 Å². The van der Waals surface area contributed by atoms with Gasteiger partial charge in [-0.3, -0.25) is 9.20 Å². The van der Waals surface area contributed by atoms with Crippen molar-refractivity contribution in [1.82, 2.24) is 9.38 Å². The van der Waals surface area contributed by atoms with E-state index in [-0.39, 0.29) is 10.7 Å². The molecule has 78 valence electrons. The van der Waals surface area contributed by atoms with Crippen LogP contribution < -0.4 is 10.3 Å². The Labute approximate surface area is 91.1 Å². The van der Waals surface area contributed by atoms with Crippen LogP contribution in [0.3, 0.4) is 0 Å². The molecule has 0 saturated heterocycles. The van der Waals surface area contributed by atoms with Crippen LogP contribution >= 0.6 is 11.6 Å². The third-order valence-corrected chi connectivity index (χ3v) is 2.57. The highest BCUT2D eigenvalue weighted by Gasteiger charge is 2.06. The highest BCUT2D eigenvalue weighted by atomic mass is 35.5. The first-order chi connectivity index (χ1) is 7.13. The number of halogens is 1. The maximum Gasteiger partial charge on any atom is 0.262 e. The predicted molar refractivity (Wildman–Crippen MR) is 57.8 cm³/mol. The number of aromatic nitrogens is 2. The maximum absolute atomic E-state index is 11.8. The summed E-state index contributed by atoms with van der Waals surface area (Å²) in [4.78, 5) is 15.9. The topological polar surface area (TPSA) is 43.6 Å². The first-order valence-corrected chi connectivity index (χ1v) is 4.74. The molecule has 5 heteroatoms. The van der Waals surface area contributed by atoms with E-state index >= 15 is 0 Å². The molecule has 0 aliphatic heterocycles. The molecular formula is C10H9ClN2O2. The Hall–Kier alpha value is -1.55. The average molecular weight is 225 g/mol. The van der Waals surface area contributed by atoms with Crippen molar-refractivity contribution in [2.75, 3.05) is 7.11 Å². The van der Waals surface area contributed by atoms with Crippen molar-refractivity contribution in [1.29, 1.82) is 0 Å². The Morgan fingerprint density at radius 1 is 1.47 bits per heavy atom. The molecule has 0 spiro atoms. The van der Waals surface area contributed by atoms with Crippen molar-refractivity contribution in [3.63, 3.8) is 0 Å². The lowest BCUT2D eigenvalue weighted by molar-refractivity contribution is 0.412. The molecule has 0 saturated carbocycles. The maximum atomic E-state index is 11.8. The van der Waals surface area contributed by atoms with E-state index in [2.05, 4.69) is 4.98 Å². The minimum Gasteiger partial charge on any atom is -0.495 e. The summed E-state index contributed by atoms with van der Waals surface area (Å²) in [5.41, 5.74) is 0.766. The molecule has 0 aromatic carbocycles. The lowest BCUT2D eigenvalue weighted by Gasteiger charge is -2.05. The van der Waals surface area contributed by atoms with E-state index in [1.54, 1.807) is 32.4 Å². The molecule has 2 rings (SSSR count). The van der Waals surface area contributed by atoms with E-state index < -0.39 is 0 Å². The van der Waals surface area contributed by atoms with Gasteiger partial charge < -0.3 is 4.74 Å². The highest BCUT2D eigenvalue weighted by Crippen LogP contribution is 2.13. The van der Waals surface area contributed by atoms with Gasteiger partial charge >= 0.3 is 0 Å². The number of nitrogens with zero attached hydrogens (tertiary/aromatic N) is 2. The summed E-state index contributed by atoms with van der Waals surface area (Å²) in [6.07, 6.45) is 1.59. The molecule has 0 fully saturated rings. The van der Waals surface area contributed by atoms with Gasteiger partial charge in [0.1, 0.15) is 16.5 Å². The lowest BCUT2D eigenvalue weighted by atomic mass is 10.3. The standard InChI is InChI=1S/C10H9ClN2O2/c1-6-9(11)12-8-4-3-7(15-2)5-13(8)10(6)14/h3-5H,1-2H3. The van der Waals surface area contributed by atoms with Crippen LogP contribution in [0.2, 0.25) is 5.15 Å². The SMILES string of the molecule is COc1ccc2nc(Cl)c(C)c(=O)n2c1. The molecule has 0 atom stereocenters. The molecule has 0 bridgehead atoms. The number of fused-ring (bicyclic) bond motifs is 1. The fraction of sp³-hybridized carbons (Fsp3) is 0.200. The normalized spacial score (nSPS) is 10.6. The quantitative estimate of drug-likeness (QED) is 0.692. The van der Waals surface area contributed by atoms with Gasteiger partial charge in [-0.15, -0.1) is 0 Å². The van der Waals surface area contributed by atoms with Crippen molar-refractivity contribution in [2.45, 2.75) is 6.92 Å². The van der Waals surface area contributed by atoms with Crippen LogP contribution in [0.1, 0.15) is 5.56 Å². The second-order valence-corrected chi connectivity index (χ2v) is 3.49. The summed E-state index contributed by atoms with van der Waals surface area (Å²) in [6.45, 7) is 1.64. The molecule has 2 heterocycles. The Bertz CT molecular complexity index is 577. The van der Waals surface area contributed by atoms with Gasteiger partial charge in [0.2, 0.25) is 0 Å². The van der Waals surface area contributed by atoms with Gasteiger partial charge in [0.15, 0.2) is 0 Å². The fourth-order valence-electron chi connectivity index (χ4n) is 1.30. The van der Waals surface area contributed by atoms with E-state index in [9.17, 15) is 4.79 Å². The molecule has 4 nitrogen and oxygen atoms in total. The molecule has 0 N–H and O–H groups in total. The van der Waals surface area contributed by atoms with Gasteiger partial charge in [0.05, 0.1) is 18.9 Å². The van der Waals surface area contributed by atoms with Gasteiger partial charge in [-0.05, 0) is 19.1 Å². The monoisotopic (exact) mass is 224 g/mol. The van der Waals surface area contributed by atoms with Crippen LogP contribution in [-0.4, -0.2) is 16.5 Å². The molecule has 0 unspecified atom stereocenters. The third-order valence-electron chi connectivity index (χ3n) is 2.20. The number of hydrogen-bond donors (Lipinski definition) is 0. The van der Waals surface area contributed by atoms with Gasteiger partial charge in [-0.1, -0.05) is 11.6 Å². The van der Waals surface area contributed by atoms with E-state index in [0.717, 1.165) is 0 Å². The molecule has 2 aromatic rings. The van der Waals surface area contributed by atoms with Crippen LogP contribution in [-0.2, 0) is 0 Å². The van der Waals surface area contributed by atoms with Crippen molar-refractivity contribution in [3.05, 3.63) is 39.4 Å². The zero-order valence-electron chi connectivity index (χ0n) is 8.32. The molecule has 0 amide bonds.